The van der Waals surface area contributed by atoms with Crippen LogP contribution in [0, 0.1) is 0 Å². The van der Waals surface area contributed by atoms with Crippen LogP contribution in [-0.4, -0.2) is 26.3 Å². The van der Waals surface area contributed by atoms with Crippen molar-refractivity contribution in [3.05, 3.63) is 48.7 Å². The highest BCUT2D eigenvalue weighted by molar-refractivity contribution is 6.01. The van der Waals surface area contributed by atoms with Gasteiger partial charge in [-0.15, -0.1) is 0 Å². The smallest absolute Gasteiger partial charge is 0.221 e. The first-order valence-corrected chi connectivity index (χ1v) is 6.92. The Morgan fingerprint density at radius 1 is 0.727 bits per heavy atom. The molecule has 0 atom stereocenters. The van der Waals surface area contributed by atoms with Crippen LogP contribution >= 0.6 is 0 Å². The molecule has 0 aliphatic heterocycles. The zero-order chi connectivity index (χ0) is 15.5. The van der Waals surface area contributed by atoms with Crippen molar-refractivity contribution in [1.29, 1.82) is 0 Å². The average Bonchev–Trinajstić information content (AvgIpc) is 2.60. The summed E-state index contributed by atoms with van der Waals surface area (Å²) in [6, 6.07) is 13.8. The average molecular weight is 295 g/mol. The molecule has 112 valence electrons. The predicted molar refractivity (Wildman–Crippen MR) is 86.8 cm³/mol. The molecule has 0 bridgehead atoms. The van der Waals surface area contributed by atoms with E-state index in [2.05, 4.69) is 4.98 Å². The standard InChI is InChI=1S/C18H17NO3/c1-20-13-6-4-12(5-7-13)17-14-10-11-19-18(22-3)15(14)8-9-16(17)21-2/h4-11H,1-3H3. The molecular weight excluding hydrogens is 278 g/mol. The number of aromatic nitrogens is 1. The van der Waals surface area contributed by atoms with E-state index in [1.165, 1.54) is 0 Å². The van der Waals surface area contributed by atoms with Gasteiger partial charge in [-0.2, -0.15) is 0 Å². The first-order valence-electron chi connectivity index (χ1n) is 6.92. The van der Waals surface area contributed by atoms with Crippen molar-refractivity contribution in [3.8, 4) is 28.5 Å². The Hall–Kier alpha value is -2.75. The number of pyridine rings is 1. The molecule has 0 saturated carbocycles. The van der Waals surface area contributed by atoms with Crippen LogP contribution in [0.4, 0.5) is 0 Å². The Labute approximate surface area is 129 Å². The third-order valence-electron chi connectivity index (χ3n) is 3.66. The van der Waals surface area contributed by atoms with Gasteiger partial charge >= 0.3 is 0 Å². The van der Waals surface area contributed by atoms with Crippen molar-refractivity contribution in [3.63, 3.8) is 0 Å². The second-order valence-electron chi connectivity index (χ2n) is 4.79. The maximum atomic E-state index is 5.55. The van der Waals surface area contributed by atoms with Gasteiger partial charge in [-0.3, -0.25) is 0 Å². The van der Waals surface area contributed by atoms with Crippen LogP contribution in [0.5, 0.6) is 17.4 Å². The summed E-state index contributed by atoms with van der Waals surface area (Å²) in [7, 11) is 4.95. The van der Waals surface area contributed by atoms with E-state index in [9.17, 15) is 0 Å². The summed E-state index contributed by atoms with van der Waals surface area (Å²) in [6.07, 6.45) is 1.74. The van der Waals surface area contributed by atoms with E-state index in [4.69, 9.17) is 14.2 Å². The number of benzene rings is 2. The molecule has 3 aromatic rings. The van der Waals surface area contributed by atoms with E-state index in [0.717, 1.165) is 33.4 Å². The molecule has 0 aliphatic rings. The van der Waals surface area contributed by atoms with E-state index in [1.54, 1.807) is 27.5 Å². The molecule has 4 heteroatoms. The summed E-state index contributed by atoms with van der Waals surface area (Å²) in [4.78, 5) is 4.26. The Morgan fingerprint density at radius 2 is 1.50 bits per heavy atom. The minimum atomic E-state index is 0.606. The zero-order valence-electron chi connectivity index (χ0n) is 12.8. The minimum absolute atomic E-state index is 0.606. The van der Waals surface area contributed by atoms with Gasteiger partial charge in [-0.25, -0.2) is 4.98 Å². The van der Waals surface area contributed by atoms with Gasteiger partial charge in [0.05, 0.1) is 21.3 Å². The molecule has 0 aliphatic carbocycles. The molecule has 0 fully saturated rings. The van der Waals surface area contributed by atoms with Crippen LogP contribution < -0.4 is 14.2 Å². The highest BCUT2D eigenvalue weighted by atomic mass is 16.5. The van der Waals surface area contributed by atoms with E-state index >= 15 is 0 Å². The number of rotatable bonds is 4. The fourth-order valence-corrected chi connectivity index (χ4v) is 2.60. The molecule has 4 nitrogen and oxygen atoms in total. The van der Waals surface area contributed by atoms with Gasteiger partial charge in [-0.05, 0) is 35.9 Å². The molecule has 0 unspecified atom stereocenters. The van der Waals surface area contributed by atoms with Gasteiger partial charge < -0.3 is 14.2 Å². The number of hydrogen-bond donors (Lipinski definition) is 0. The number of hydrogen-bond acceptors (Lipinski definition) is 4. The van der Waals surface area contributed by atoms with E-state index in [1.807, 2.05) is 42.5 Å². The monoisotopic (exact) mass is 295 g/mol. The largest absolute Gasteiger partial charge is 0.497 e. The van der Waals surface area contributed by atoms with Crippen molar-refractivity contribution in [1.82, 2.24) is 4.98 Å². The van der Waals surface area contributed by atoms with Crippen LogP contribution in [0.2, 0.25) is 0 Å². The van der Waals surface area contributed by atoms with Crippen LogP contribution in [0.1, 0.15) is 0 Å². The molecule has 0 N–H and O–H groups in total. The molecule has 0 saturated heterocycles. The third kappa shape index (κ3) is 2.33. The van der Waals surface area contributed by atoms with E-state index in [-0.39, 0.29) is 0 Å². The van der Waals surface area contributed by atoms with Gasteiger partial charge in [0.25, 0.3) is 0 Å². The molecule has 22 heavy (non-hydrogen) atoms. The number of methoxy groups -OCH3 is 3. The van der Waals surface area contributed by atoms with Gasteiger partial charge in [0.15, 0.2) is 0 Å². The first kappa shape index (κ1) is 14.2. The van der Waals surface area contributed by atoms with Crippen LogP contribution in [0.15, 0.2) is 48.7 Å². The van der Waals surface area contributed by atoms with Crippen LogP contribution in [0.3, 0.4) is 0 Å². The molecule has 2 aromatic carbocycles. The maximum absolute atomic E-state index is 5.55. The third-order valence-corrected chi connectivity index (χ3v) is 3.66. The van der Waals surface area contributed by atoms with Crippen molar-refractivity contribution >= 4 is 10.8 Å². The number of nitrogens with zero attached hydrogens (tertiary/aromatic N) is 1. The summed E-state index contributed by atoms with van der Waals surface area (Å²) < 4.78 is 16.1. The van der Waals surface area contributed by atoms with Gasteiger partial charge in [-0.1, -0.05) is 12.1 Å². The first-order chi connectivity index (χ1) is 10.8. The van der Waals surface area contributed by atoms with Gasteiger partial charge in [0, 0.05) is 22.5 Å². The highest BCUT2D eigenvalue weighted by Gasteiger charge is 2.13. The maximum Gasteiger partial charge on any atom is 0.221 e. The van der Waals surface area contributed by atoms with Crippen LogP contribution in [-0.2, 0) is 0 Å². The Balaban J connectivity index is 2.29. The van der Waals surface area contributed by atoms with Gasteiger partial charge in [0.2, 0.25) is 5.88 Å². The fraction of sp³-hybridized carbons (Fsp3) is 0.167. The topological polar surface area (TPSA) is 40.6 Å². The molecule has 3 rings (SSSR count). The predicted octanol–water partition coefficient (Wildman–Crippen LogP) is 3.93. The second kappa shape index (κ2) is 5.93. The lowest BCUT2D eigenvalue weighted by Gasteiger charge is -2.14. The second-order valence-corrected chi connectivity index (χ2v) is 4.79. The lowest BCUT2D eigenvalue weighted by atomic mass is 9.98. The molecule has 0 radical (unpaired) electrons. The zero-order valence-corrected chi connectivity index (χ0v) is 12.8. The van der Waals surface area contributed by atoms with E-state index < -0.39 is 0 Å². The highest BCUT2D eigenvalue weighted by Crippen LogP contribution is 2.39. The lowest BCUT2D eigenvalue weighted by molar-refractivity contribution is 0.403. The molecular formula is C18H17NO3. The molecule has 1 aromatic heterocycles. The van der Waals surface area contributed by atoms with Crippen LogP contribution in [0.25, 0.3) is 21.9 Å². The van der Waals surface area contributed by atoms with Crippen molar-refractivity contribution < 1.29 is 14.2 Å². The minimum Gasteiger partial charge on any atom is -0.497 e. The quantitative estimate of drug-likeness (QED) is 0.731. The summed E-state index contributed by atoms with van der Waals surface area (Å²) in [5, 5.41) is 1.99. The van der Waals surface area contributed by atoms with E-state index in [0.29, 0.717) is 5.88 Å². The number of fused-ring (bicyclic) bond motifs is 1. The normalized spacial score (nSPS) is 10.5. The SMILES string of the molecule is COc1ccc(-c2c(OC)ccc3c(OC)nccc23)cc1. The molecule has 0 amide bonds. The molecule has 1 heterocycles. The van der Waals surface area contributed by atoms with Crippen molar-refractivity contribution in [2.75, 3.05) is 21.3 Å². The summed E-state index contributed by atoms with van der Waals surface area (Å²) >= 11 is 0. The fourth-order valence-electron chi connectivity index (χ4n) is 2.60. The Kier molecular flexibility index (Phi) is 3.83. The van der Waals surface area contributed by atoms with Gasteiger partial charge in [0.1, 0.15) is 11.5 Å². The van der Waals surface area contributed by atoms with Crippen molar-refractivity contribution in [2.45, 2.75) is 0 Å². The van der Waals surface area contributed by atoms with Crippen molar-refractivity contribution in [2.24, 2.45) is 0 Å². The summed E-state index contributed by atoms with van der Waals surface area (Å²) in [5.41, 5.74) is 2.07. The number of ether oxygens (including phenoxy) is 3. The Bertz CT molecular complexity index is 797. The summed E-state index contributed by atoms with van der Waals surface area (Å²) in [5.74, 6) is 2.24. The Morgan fingerprint density at radius 3 is 2.14 bits per heavy atom. The molecule has 0 spiro atoms. The lowest BCUT2D eigenvalue weighted by Crippen LogP contribution is -1.93. The summed E-state index contributed by atoms with van der Waals surface area (Å²) in [6.45, 7) is 0.